The number of rotatable bonds is 8. The number of aromatic amines is 1. The van der Waals surface area contributed by atoms with Gasteiger partial charge < -0.3 is 23.9 Å². The highest BCUT2D eigenvalue weighted by Crippen LogP contribution is 2.31. The molecule has 11 nitrogen and oxygen atoms in total. The molecule has 0 fully saturated rings. The molecule has 2 heterocycles. The number of esters is 2. The van der Waals surface area contributed by atoms with Crippen molar-refractivity contribution in [2.24, 2.45) is 0 Å². The van der Waals surface area contributed by atoms with Gasteiger partial charge in [-0.05, 0) is 38.5 Å². The largest absolute Gasteiger partial charge is 0.490 e. The number of benzene rings is 1. The second kappa shape index (κ2) is 10.3. The van der Waals surface area contributed by atoms with E-state index in [2.05, 4.69) is 9.71 Å². The summed E-state index contributed by atoms with van der Waals surface area (Å²) in [4.78, 5) is 39.6. The molecule has 1 unspecified atom stereocenters. The first kappa shape index (κ1) is 25.2. The summed E-state index contributed by atoms with van der Waals surface area (Å²) in [6.45, 7) is 4.70. The van der Waals surface area contributed by atoms with Gasteiger partial charge in [-0.15, -0.1) is 0 Å². The summed E-state index contributed by atoms with van der Waals surface area (Å²) in [5.41, 5.74) is 1.14. The molecule has 0 aliphatic carbocycles. The van der Waals surface area contributed by atoms with Crippen LogP contribution >= 0.6 is 0 Å². The van der Waals surface area contributed by atoms with Gasteiger partial charge in [0.15, 0.2) is 17.6 Å². The summed E-state index contributed by atoms with van der Waals surface area (Å²) in [5.74, 6) is -1.39. The smallest absolute Gasteiger partial charge is 0.339 e. The highest BCUT2D eigenvalue weighted by Gasteiger charge is 2.28. The minimum absolute atomic E-state index is 0.103. The van der Waals surface area contributed by atoms with Crippen LogP contribution in [0.3, 0.4) is 0 Å². The van der Waals surface area contributed by atoms with E-state index in [4.69, 9.17) is 18.9 Å². The zero-order valence-corrected chi connectivity index (χ0v) is 20.0. The van der Waals surface area contributed by atoms with Crippen molar-refractivity contribution in [3.63, 3.8) is 0 Å². The number of aryl methyl sites for hydroxylation is 1. The van der Waals surface area contributed by atoms with E-state index < -0.39 is 40.4 Å². The molecule has 0 radical (unpaired) electrons. The zero-order chi connectivity index (χ0) is 25.0. The number of hydrogen-bond donors (Lipinski definition) is 2. The Morgan fingerprint density at radius 3 is 2.50 bits per heavy atom. The number of carbonyl (C=O) groups excluding carboxylic acids is 3. The maximum Gasteiger partial charge on any atom is 0.339 e. The van der Waals surface area contributed by atoms with Crippen LogP contribution in [0, 0.1) is 13.8 Å². The molecule has 1 aromatic heterocycles. The lowest BCUT2D eigenvalue weighted by molar-refractivity contribution is -0.144. The van der Waals surface area contributed by atoms with Gasteiger partial charge >= 0.3 is 11.9 Å². The van der Waals surface area contributed by atoms with Crippen molar-refractivity contribution in [3.8, 4) is 11.5 Å². The number of methoxy groups -OCH3 is 1. The third kappa shape index (κ3) is 5.39. The van der Waals surface area contributed by atoms with E-state index in [0.29, 0.717) is 42.4 Å². The molecule has 0 amide bonds. The fourth-order valence-corrected chi connectivity index (χ4v) is 4.43. The molecule has 0 saturated heterocycles. The first-order chi connectivity index (χ1) is 16.0. The van der Waals surface area contributed by atoms with E-state index in [-0.39, 0.29) is 16.2 Å². The van der Waals surface area contributed by atoms with E-state index in [1.54, 1.807) is 13.8 Å². The highest BCUT2D eigenvalue weighted by atomic mass is 32.2. The average molecular weight is 495 g/mol. The third-order valence-electron chi connectivity index (χ3n) is 5.19. The number of hydrogen-bond acceptors (Lipinski definition) is 9. The van der Waals surface area contributed by atoms with Crippen molar-refractivity contribution >= 4 is 27.7 Å². The predicted octanol–water partition coefficient (Wildman–Crippen LogP) is 1.67. The first-order valence-electron chi connectivity index (χ1n) is 10.5. The highest BCUT2D eigenvalue weighted by molar-refractivity contribution is 7.89. The lowest BCUT2D eigenvalue weighted by atomic mass is 10.1. The number of aromatic nitrogens is 1. The molecule has 2 aromatic rings. The Morgan fingerprint density at radius 1 is 1.15 bits per heavy atom. The first-order valence-corrected chi connectivity index (χ1v) is 11.9. The molecule has 2 N–H and O–H groups in total. The Bertz CT molecular complexity index is 1220. The number of ether oxygens (including phenoxy) is 4. The van der Waals surface area contributed by atoms with Crippen LogP contribution in [0.2, 0.25) is 0 Å². The maximum absolute atomic E-state index is 12.7. The lowest BCUT2D eigenvalue weighted by Crippen LogP contribution is -2.34. The summed E-state index contributed by atoms with van der Waals surface area (Å²) in [7, 11) is -2.83. The van der Waals surface area contributed by atoms with Gasteiger partial charge in [-0.2, -0.15) is 4.72 Å². The van der Waals surface area contributed by atoms with Gasteiger partial charge in [0.25, 0.3) is 0 Å². The number of Topliss-reactive ketones (excluding diaryl/α,β-unsaturated/α-hetero) is 1. The summed E-state index contributed by atoms with van der Waals surface area (Å²) >= 11 is 0. The molecule has 0 saturated carbocycles. The second-order valence-corrected chi connectivity index (χ2v) is 9.36. The lowest BCUT2D eigenvalue weighted by Gasteiger charge is -2.13. The number of H-pyrrole nitrogens is 1. The van der Waals surface area contributed by atoms with E-state index >= 15 is 0 Å². The van der Waals surface area contributed by atoms with Crippen LogP contribution in [0.1, 0.15) is 45.4 Å². The molecule has 0 spiro atoms. The summed E-state index contributed by atoms with van der Waals surface area (Å²) < 4.78 is 48.1. The molecule has 3 rings (SSSR count). The average Bonchev–Trinajstić information content (AvgIpc) is 2.96. The van der Waals surface area contributed by atoms with Crippen LogP contribution < -0.4 is 14.2 Å². The van der Waals surface area contributed by atoms with Crippen LogP contribution in [0.15, 0.2) is 23.1 Å². The fourth-order valence-electron chi connectivity index (χ4n) is 3.45. The van der Waals surface area contributed by atoms with Gasteiger partial charge in [0.05, 0.1) is 36.5 Å². The predicted molar refractivity (Wildman–Crippen MR) is 119 cm³/mol. The van der Waals surface area contributed by atoms with Gasteiger partial charge in [-0.1, -0.05) is 0 Å². The minimum atomic E-state index is -4.06. The molecule has 0 bridgehead atoms. The van der Waals surface area contributed by atoms with Gasteiger partial charge in [-0.25, -0.2) is 13.2 Å². The normalized spacial score (nSPS) is 14.1. The van der Waals surface area contributed by atoms with Crippen molar-refractivity contribution in [2.75, 3.05) is 26.9 Å². The molecule has 1 aliphatic heterocycles. The van der Waals surface area contributed by atoms with Gasteiger partial charge in [0, 0.05) is 18.2 Å². The molecule has 1 aromatic carbocycles. The quantitative estimate of drug-likeness (QED) is 0.413. The topological polar surface area (TPSA) is 150 Å². The minimum Gasteiger partial charge on any atom is -0.490 e. The summed E-state index contributed by atoms with van der Waals surface area (Å²) in [6.07, 6.45) is -0.555. The monoisotopic (exact) mass is 494 g/mol. The maximum atomic E-state index is 12.7. The van der Waals surface area contributed by atoms with Crippen molar-refractivity contribution in [3.05, 3.63) is 40.7 Å². The van der Waals surface area contributed by atoms with Gasteiger partial charge in [0.1, 0.15) is 6.54 Å². The van der Waals surface area contributed by atoms with Gasteiger partial charge in [-0.3, -0.25) is 9.59 Å². The Morgan fingerprint density at radius 2 is 1.82 bits per heavy atom. The molecular formula is C22H26N2O9S. The fraction of sp³-hybridized carbons (Fsp3) is 0.409. The van der Waals surface area contributed by atoms with E-state index in [1.165, 1.54) is 32.2 Å². The van der Waals surface area contributed by atoms with E-state index in [9.17, 15) is 22.8 Å². The van der Waals surface area contributed by atoms with Crippen molar-refractivity contribution < 1.29 is 41.7 Å². The Hall–Kier alpha value is -3.38. The molecule has 184 valence electrons. The van der Waals surface area contributed by atoms with E-state index in [1.807, 2.05) is 0 Å². The molecule has 12 heteroatoms. The molecular weight excluding hydrogens is 468 g/mol. The standard InChI is InChI=1S/C22H26N2O9S/c1-12-19(22(27)30-4)13(2)24-20(12)21(26)14(3)33-18(25)11-23-34(28,29)15-6-7-16-17(10-15)32-9-5-8-31-16/h6-7,10,14,23-24H,5,8-9,11H2,1-4H3. The van der Waals surface area contributed by atoms with Gasteiger partial charge in [0.2, 0.25) is 15.8 Å². The molecule has 1 aliphatic rings. The van der Waals surface area contributed by atoms with E-state index in [0.717, 1.165) is 0 Å². The zero-order valence-electron chi connectivity index (χ0n) is 19.2. The van der Waals surface area contributed by atoms with Crippen molar-refractivity contribution in [1.29, 1.82) is 0 Å². The second-order valence-electron chi connectivity index (χ2n) is 7.60. The number of sulfonamides is 1. The Balaban J connectivity index is 1.63. The van der Waals surface area contributed by atoms with Crippen LogP contribution in [0.4, 0.5) is 0 Å². The number of nitrogens with one attached hydrogen (secondary N) is 2. The number of fused-ring (bicyclic) bond motifs is 1. The number of carbonyl (C=O) groups is 3. The number of ketones is 1. The SMILES string of the molecule is COC(=O)c1c(C)[nH]c(C(=O)C(C)OC(=O)CNS(=O)(=O)c2ccc3c(c2)OCCCO3)c1C. The summed E-state index contributed by atoms with van der Waals surface area (Å²) in [5, 5.41) is 0. The third-order valence-corrected chi connectivity index (χ3v) is 6.59. The summed E-state index contributed by atoms with van der Waals surface area (Å²) in [6, 6.07) is 4.13. The van der Waals surface area contributed by atoms with Crippen molar-refractivity contribution in [1.82, 2.24) is 9.71 Å². The Labute approximate surface area is 196 Å². The van der Waals surface area contributed by atoms with Crippen LogP contribution in [0.25, 0.3) is 0 Å². The van der Waals surface area contributed by atoms with Crippen LogP contribution in [0.5, 0.6) is 11.5 Å². The molecule has 34 heavy (non-hydrogen) atoms. The molecule has 1 atom stereocenters. The van der Waals surface area contributed by atoms with Crippen LogP contribution in [-0.4, -0.2) is 64.1 Å². The van der Waals surface area contributed by atoms with Crippen LogP contribution in [-0.2, 0) is 24.3 Å². The van der Waals surface area contributed by atoms with Crippen molar-refractivity contribution in [2.45, 2.75) is 38.2 Å². The Kier molecular flexibility index (Phi) is 7.62.